The molecule has 2 aromatic rings. The molecular weight excluding hydrogens is 426 g/mol. The molecular formula is C20H25N3O7S. The molecule has 1 unspecified atom stereocenters. The number of nitrogens with one attached hydrogen (secondary N) is 1. The van der Waals surface area contributed by atoms with E-state index in [0.717, 1.165) is 4.31 Å². The van der Waals surface area contributed by atoms with Gasteiger partial charge in [0.15, 0.2) is 0 Å². The lowest BCUT2D eigenvalue weighted by molar-refractivity contribution is -0.119. The number of amides is 1. The Morgan fingerprint density at radius 1 is 1.06 bits per heavy atom. The van der Waals surface area contributed by atoms with E-state index in [9.17, 15) is 18.0 Å². The molecule has 1 amide bonds. The molecule has 3 rings (SSSR count). The number of anilines is 1. The van der Waals surface area contributed by atoms with Gasteiger partial charge in [0.05, 0.1) is 21.3 Å². The molecule has 1 atom stereocenters. The summed E-state index contributed by atoms with van der Waals surface area (Å²) in [4.78, 5) is 24.7. The third kappa shape index (κ3) is 4.52. The van der Waals surface area contributed by atoms with Crippen LogP contribution in [0.15, 0.2) is 35.4 Å². The molecule has 0 spiro atoms. The summed E-state index contributed by atoms with van der Waals surface area (Å²) in [5.74, 6) is -0.123. The van der Waals surface area contributed by atoms with E-state index < -0.39 is 27.9 Å². The molecule has 1 aliphatic heterocycles. The highest BCUT2D eigenvalue weighted by molar-refractivity contribution is 7.89. The quantitative estimate of drug-likeness (QED) is 0.636. The molecule has 1 N–H and O–H groups in total. The van der Waals surface area contributed by atoms with Crippen LogP contribution in [0.1, 0.15) is 23.3 Å². The molecule has 0 saturated carbocycles. The van der Waals surface area contributed by atoms with Crippen molar-refractivity contribution in [2.24, 2.45) is 7.05 Å². The maximum Gasteiger partial charge on any atom is 0.354 e. The second kappa shape index (κ2) is 8.98. The van der Waals surface area contributed by atoms with Crippen molar-refractivity contribution in [1.82, 2.24) is 8.87 Å². The Bertz CT molecular complexity index is 1070. The van der Waals surface area contributed by atoms with Crippen LogP contribution in [0.25, 0.3) is 0 Å². The molecule has 1 aromatic carbocycles. The smallest absolute Gasteiger partial charge is 0.354 e. The summed E-state index contributed by atoms with van der Waals surface area (Å²) in [5, 5.41) is 2.75. The Kier molecular flexibility index (Phi) is 6.56. The summed E-state index contributed by atoms with van der Waals surface area (Å²) in [6.07, 6.45) is 2.25. The van der Waals surface area contributed by atoms with Gasteiger partial charge in [0.1, 0.15) is 28.1 Å². The first-order chi connectivity index (χ1) is 14.7. The largest absolute Gasteiger partial charge is 0.497 e. The minimum atomic E-state index is -4.00. The number of hydrogen-bond acceptors (Lipinski definition) is 7. The number of benzene rings is 1. The number of carbonyl (C=O) groups is 2. The Hall–Kier alpha value is -3.05. The molecule has 0 bridgehead atoms. The van der Waals surface area contributed by atoms with Crippen molar-refractivity contribution in [2.75, 3.05) is 33.2 Å². The number of nitrogens with zero attached hydrogens (tertiary/aromatic N) is 2. The van der Waals surface area contributed by atoms with Crippen molar-refractivity contribution < 1.29 is 32.2 Å². The van der Waals surface area contributed by atoms with Crippen LogP contribution in [0.4, 0.5) is 5.69 Å². The summed E-state index contributed by atoms with van der Waals surface area (Å²) in [6, 6.07) is 5.27. The number of rotatable bonds is 7. The average molecular weight is 452 g/mol. The molecule has 0 radical (unpaired) electrons. The fourth-order valence-corrected chi connectivity index (χ4v) is 5.24. The van der Waals surface area contributed by atoms with Gasteiger partial charge in [-0.3, -0.25) is 4.79 Å². The van der Waals surface area contributed by atoms with Gasteiger partial charge < -0.3 is 24.1 Å². The summed E-state index contributed by atoms with van der Waals surface area (Å²) < 4.78 is 44.1. The van der Waals surface area contributed by atoms with Gasteiger partial charge in [-0.05, 0) is 18.9 Å². The zero-order chi connectivity index (χ0) is 22.8. The molecule has 1 fully saturated rings. The van der Waals surface area contributed by atoms with Crippen molar-refractivity contribution in [2.45, 2.75) is 23.8 Å². The maximum atomic E-state index is 13.2. The fourth-order valence-electron chi connectivity index (χ4n) is 3.51. The third-order valence-corrected chi connectivity index (χ3v) is 6.98. The van der Waals surface area contributed by atoms with Crippen molar-refractivity contribution in [3.8, 4) is 11.5 Å². The molecule has 11 heteroatoms. The van der Waals surface area contributed by atoms with Crippen molar-refractivity contribution >= 4 is 27.6 Å². The van der Waals surface area contributed by atoms with Gasteiger partial charge in [0.25, 0.3) is 0 Å². The molecule has 1 aliphatic rings. The maximum absolute atomic E-state index is 13.2. The van der Waals surface area contributed by atoms with Gasteiger partial charge in [-0.1, -0.05) is 0 Å². The standard InChI is InChI=1S/C20H25N3O7S/c1-22-12-16(11-18(22)20(25)30-4)31(26,27)23-7-5-6-17(23)19(24)21-13-8-14(28-2)10-15(9-13)29-3/h8-12,17H,5-7H2,1-4H3,(H,21,24). The highest BCUT2D eigenvalue weighted by Crippen LogP contribution is 2.30. The van der Waals surface area contributed by atoms with Gasteiger partial charge in [-0.2, -0.15) is 4.31 Å². The topological polar surface area (TPSA) is 116 Å². The Morgan fingerprint density at radius 3 is 2.29 bits per heavy atom. The number of aromatic nitrogens is 1. The van der Waals surface area contributed by atoms with E-state index >= 15 is 0 Å². The van der Waals surface area contributed by atoms with E-state index in [-0.39, 0.29) is 17.1 Å². The average Bonchev–Trinajstić information content (AvgIpc) is 3.40. The normalized spacial score (nSPS) is 16.7. The van der Waals surface area contributed by atoms with Crippen LogP contribution in [-0.4, -0.2) is 63.1 Å². The summed E-state index contributed by atoms with van der Waals surface area (Å²) in [7, 11) is 1.76. The van der Waals surface area contributed by atoms with E-state index in [1.54, 1.807) is 25.2 Å². The minimum Gasteiger partial charge on any atom is -0.497 e. The lowest BCUT2D eigenvalue weighted by Crippen LogP contribution is -2.43. The highest BCUT2D eigenvalue weighted by Gasteiger charge is 2.40. The first-order valence-corrected chi connectivity index (χ1v) is 11.0. The first kappa shape index (κ1) is 22.6. The summed E-state index contributed by atoms with van der Waals surface area (Å²) in [6.45, 7) is 0.199. The van der Waals surface area contributed by atoms with Crippen molar-refractivity contribution in [3.63, 3.8) is 0 Å². The number of esters is 1. The number of hydrogen-bond donors (Lipinski definition) is 1. The lowest BCUT2D eigenvalue weighted by atomic mass is 10.2. The first-order valence-electron chi connectivity index (χ1n) is 9.51. The van der Waals surface area contributed by atoms with Gasteiger partial charge >= 0.3 is 5.97 Å². The van der Waals surface area contributed by atoms with Crippen LogP contribution in [-0.2, 0) is 26.6 Å². The monoisotopic (exact) mass is 451 g/mol. The molecule has 2 heterocycles. The second-order valence-electron chi connectivity index (χ2n) is 7.03. The van der Waals surface area contributed by atoms with Crippen LogP contribution in [0.2, 0.25) is 0 Å². The summed E-state index contributed by atoms with van der Waals surface area (Å²) in [5.41, 5.74) is 0.530. The third-order valence-electron chi connectivity index (χ3n) is 5.11. The Morgan fingerprint density at radius 2 is 1.71 bits per heavy atom. The Labute approximate surface area is 180 Å². The van der Waals surface area contributed by atoms with Crippen LogP contribution in [0, 0.1) is 0 Å². The fraction of sp³-hybridized carbons (Fsp3) is 0.400. The van der Waals surface area contributed by atoms with Gasteiger partial charge in [0.2, 0.25) is 15.9 Å². The molecule has 1 aromatic heterocycles. The van der Waals surface area contributed by atoms with Gasteiger partial charge in [-0.25, -0.2) is 13.2 Å². The molecule has 0 aliphatic carbocycles. The summed E-state index contributed by atoms with van der Waals surface area (Å²) >= 11 is 0. The highest BCUT2D eigenvalue weighted by atomic mass is 32.2. The number of sulfonamides is 1. The van der Waals surface area contributed by atoms with Crippen LogP contribution < -0.4 is 14.8 Å². The molecule has 168 valence electrons. The van der Waals surface area contributed by atoms with Crippen molar-refractivity contribution in [3.05, 3.63) is 36.2 Å². The number of carbonyl (C=O) groups excluding carboxylic acids is 2. The van der Waals surface area contributed by atoms with E-state index in [1.807, 2.05) is 0 Å². The molecule has 10 nitrogen and oxygen atoms in total. The predicted molar refractivity (Wildman–Crippen MR) is 112 cm³/mol. The van der Waals surface area contributed by atoms with Crippen LogP contribution in [0.3, 0.4) is 0 Å². The molecule has 31 heavy (non-hydrogen) atoms. The van der Waals surface area contributed by atoms with Gasteiger partial charge in [-0.15, -0.1) is 0 Å². The SMILES string of the molecule is COC(=O)c1cc(S(=O)(=O)N2CCCC2C(=O)Nc2cc(OC)cc(OC)c2)cn1C. The van der Waals surface area contributed by atoms with Crippen molar-refractivity contribution in [1.29, 1.82) is 0 Å². The number of ether oxygens (including phenoxy) is 3. The van der Waals surface area contributed by atoms with Gasteiger partial charge in [0, 0.05) is 43.7 Å². The number of aryl methyl sites for hydroxylation is 1. The number of methoxy groups -OCH3 is 3. The van der Waals surface area contributed by atoms with E-state index in [0.29, 0.717) is 30.0 Å². The van der Waals surface area contributed by atoms with Crippen LogP contribution in [0.5, 0.6) is 11.5 Å². The molecule has 1 saturated heterocycles. The van der Waals surface area contributed by atoms with E-state index in [1.165, 1.54) is 38.2 Å². The second-order valence-corrected chi connectivity index (χ2v) is 8.92. The minimum absolute atomic E-state index is 0.0712. The predicted octanol–water partition coefficient (Wildman–Crippen LogP) is 1.62. The van der Waals surface area contributed by atoms with E-state index in [4.69, 9.17) is 9.47 Å². The van der Waals surface area contributed by atoms with Crippen LogP contribution >= 0.6 is 0 Å². The lowest BCUT2D eigenvalue weighted by Gasteiger charge is -2.23. The Balaban J connectivity index is 1.85. The van der Waals surface area contributed by atoms with E-state index in [2.05, 4.69) is 10.1 Å². The zero-order valence-corrected chi connectivity index (χ0v) is 18.6. The zero-order valence-electron chi connectivity index (χ0n) is 17.7.